The zero-order chi connectivity index (χ0) is 28.9. The minimum atomic E-state index is -4.71. The van der Waals surface area contributed by atoms with Gasteiger partial charge >= 0.3 is 6.18 Å². The maximum Gasteiger partial charge on any atom is 0.418 e. The monoisotopic (exact) mass is 596 g/mol. The predicted octanol–water partition coefficient (Wildman–Crippen LogP) is 4.17. The number of nitrogens with one attached hydrogen (secondary N) is 3. The van der Waals surface area contributed by atoms with E-state index < -0.39 is 34.6 Å². The summed E-state index contributed by atoms with van der Waals surface area (Å²) < 4.78 is 39.2. The normalized spacial score (nSPS) is 14.2. The molecule has 212 valence electrons. The summed E-state index contributed by atoms with van der Waals surface area (Å²) in [6, 6.07) is 1.54. The quantitative estimate of drug-likeness (QED) is 0.296. The highest BCUT2D eigenvalue weighted by molar-refractivity contribution is 7.13. The van der Waals surface area contributed by atoms with Gasteiger partial charge < -0.3 is 20.9 Å². The van der Waals surface area contributed by atoms with Gasteiger partial charge in [0.05, 0.1) is 22.8 Å². The van der Waals surface area contributed by atoms with Crippen molar-refractivity contribution in [1.82, 2.24) is 30.2 Å². The van der Waals surface area contributed by atoms with Crippen molar-refractivity contribution in [2.45, 2.75) is 38.4 Å². The Morgan fingerprint density at radius 3 is 2.65 bits per heavy atom. The van der Waals surface area contributed by atoms with E-state index in [0.29, 0.717) is 36.4 Å². The van der Waals surface area contributed by atoms with Crippen LogP contribution in [0, 0.1) is 0 Å². The number of alkyl halides is 3. The first-order valence-corrected chi connectivity index (χ1v) is 13.3. The number of hydrogen-bond donors (Lipinski definition) is 3. The molecule has 4 heterocycles. The molecular formula is C24H24ClF3N8O3S. The lowest BCUT2D eigenvalue weighted by molar-refractivity contribution is -0.137. The lowest BCUT2D eigenvalue weighted by Crippen LogP contribution is -2.28. The van der Waals surface area contributed by atoms with Crippen molar-refractivity contribution >= 4 is 52.3 Å². The summed E-state index contributed by atoms with van der Waals surface area (Å²) in [5.41, 5.74) is -1.01. The molecule has 1 aliphatic rings. The first kappa shape index (κ1) is 29.1. The zero-order valence-electron chi connectivity index (χ0n) is 21.1. The summed E-state index contributed by atoms with van der Waals surface area (Å²) in [5, 5.41) is 7.96. The molecule has 0 aliphatic carbocycles. The maximum absolute atomic E-state index is 13.1. The van der Waals surface area contributed by atoms with Gasteiger partial charge in [-0.25, -0.2) is 19.9 Å². The van der Waals surface area contributed by atoms with Gasteiger partial charge in [0.2, 0.25) is 5.91 Å². The fraction of sp³-hybridized carbons (Fsp3) is 0.375. The Balaban J connectivity index is 1.30. The number of pyridine rings is 1. The number of amides is 3. The summed E-state index contributed by atoms with van der Waals surface area (Å²) in [6.45, 7) is 3.66. The minimum absolute atomic E-state index is 0.102. The molecule has 11 nitrogen and oxygen atoms in total. The number of aromatic nitrogens is 4. The van der Waals surface area contributed by atoms with Crippen molar-refractivity contribution in [3.8, 4) is 0 Å². The van der Waals surface area contributed by atoms with Gasteiger partial charge in [0, 0.05) is 38.3 Å². The molecule has 3 N–H and O–H groups in total. The van der Waals surface area contributed by atoms with E-state index in [2.05, 4.69) is 35.9 Å². The molecule has 3 aromatic heterocycles. The van der Waals surface area contributed by atoms with Crippen LogP contribution in [0.25, 0.3) is 0 Å². The van der Waals surface area contributed by atoms with E-state index in [-0.39, 0.29) is 22.3 Å². The highest BCUT2D eigenvalue weighted by Gasteiger charge is 2.34. The molecule has 4 rings (SSSR count). The van der Waals surface area contributed by atoms with Crippen LogP contribution in [-0.4, -0.2) is 62.2 Å². The summed E-state index contributed by atoms with van der Waals surface area (Å²) in [6.07, 6.45) is 0.816. The van der Waals surface area contributed by atoms with Crippen LogP contribution < -0.4 is 16.0 Å². The third-order valence-electron chi connectivity index (χ3n) is 5.85. The van der Waals surface area contributed by atoms with E-state index in [9.17, 15) is 27.6 Å². The first-order valence-electron chi connectivity index (χ1n) is 12.2. The lowest BCUT2D eigenvalue weighted by atomic mass is 10.2. The average molecular weight is 597 g/mol. The molecule has 1 saturated heterocycles. The molecule has 3 aromatic rings. The van der Waals surface area contributed by atoms with Gasteiger partial charge in [-0.15, -0.1) is 11.3 Å². The van der Waals surface area contributed by atoms with E-state index in [0.717, 1.165) is 36.9 Å². The number of likely N-dealkylation sites (tertiary alicyclic amines) is 1. The van der Waals surface area contributed by atoms with Crippen molar-refractivity contribution in [2.75, 3.05) is 30.3 Å². The number of carbonyl (C=O) groups excluding carboxylic acids is 3. The van der Waals surface area contributed by atoms with Crippen molar-refractivity contribution in [2.24, 2.45) is 0 Å². The predicted molar refractivity (Wildman–Crippen MR) is 141 cm³/mol. The van der Waals surface area contributed by atoms with Gasteiger partial charge in [0.1, 0.15) is 33.5 Å². The van der Waals surface area contributed by atoms with Gasteiger partial charge in [0.15, 0.2) is 0 Å². The van der Waals surface area contributed by atoms with Crippen LogP contribution in [0.4, 0.5) is 24.8 Å². The molecule has 0 bridgehead atoms. The molecule has 16 heteroatoms. The number of anilines is 2. The van der Waals surface area contributed by atoms with E-state index >= 15 is 0 Å². The topological polar surface area (TPSA) is 142 Å². The maximum atomic E-state index is 13.1. The fourth-order valence-electron chi connectivity index (χ4n) is 3.83. The highest BCUT2D eigenvalue weighted by atomic mass is 35.5. The molecule has 0 spiro atoms. The van der Waals surface area contributed by atoms with Gasteiger partial charge in [-0.1, -0.05) is 11.6 Å². The summed E-state index contributed by atoms with van der Waals surface area (Å²) in [4.78, 5) is 54.9. The fourth-order valence-corrected chi connectivity index (χ4v) is 4.86. The largest absolute Gasteiger partial charge is 0.418 e. The van der Waals surface area contributed by atoms with Gasteiger partial charge in [-0.3, -0.25) is 14.4 Å². The molecule has 3 amide bonds. The van der Waals surface area contributed by atoms with E-state index in [1.165, 1.54) is 18.6 Å². The van der Waals surface area contributed by atoms with Gasteiger partial charge in [-0.2, -0.15) is 13.2 Å². The van der Waals surface area contributed by atoms with Crippen LogP contribution in [0.1, 0.15) is 63.0 Å². The van der Waals surface area contributed by atoms with Crippen LogP contribution in [0.5, 0.6) is 0 Å². The second-order valence-electron chi connectivity index (χ2n) is 8.81. The number of halogens is 4. The highest BCUT2D eigenvalue weighted by Crippen LogP contribution is 2.35. The van der Waals surface area contributed by atoms with Crippen molar-refractivity contribution in [3.63, 3.8) is 0 Å². The third-order valence-corrected chi connectivity index (χ3v) is 7.33. The Labute approximate surface area is 235 Å². The zero-order valence-corrected chi connectivity index (χ0v) is 22.7. The van der Waals surface area contributed by atoms with E-state index in [1.807, 2.05) is 4.90 Å². The molecule has 1 fully saturated rings. The van der Waals surface area contributed by atoms with Crippen molar-refractivity contribution < 1.29 is 27.6 Å². The van der Waals surface area contributed by atoms with E-state index in [1.54, 1.807) is 6.92 Å². The molecule has 40 heavy (non-hydrogen) atoms. The number of thiazole rings is 1. The number of rotatable bonds is 10. The Morgan fingerprint density at radius 1 is 1.12 bits per heavy atom. The smallest absolute Gasteiger partial charge is 0.370 e. The van der Waals surface area contributed by atoms with Crippen LogP contribution in [0.2, 0.25) is 5.02 Å². The van der Waals surface area contributed by atoms with Gasteiger partial charge in [0.25, 0.3) is 11.8 Å². The summed E-state index contributed by atoms with van der Waals surface area (Å²) >= 11 is 6.52. The van der Waals surface area contributed by atoms with Crippen LogP contribution in [0.15, 0.2) is 30.9 Å². The average Bonchev–Trinajstić information content (AvgIpc) is 3.57. The Hall–Kier alpha value is -3.85. The molecule has 1 unspecified atom stereocenters. The van der Waals surface area contributed by atoms with Crippen molar-refractivity contribution in [1.29, 1.82) is 0 Å². The first-order chi connectivity index (χ1) is 19.0. The summed E-state index contributed by atoms with van der Waals surface area (Å²) in [5.74, 6) is -0.909. The molecule has 1 atom stereocenters. The third kappa shape index (κ3) is 7.41. The molecule has 0 saturated carbocycles. The van der Waals surface area contributed by atoms with Crippen LogP contribution in [-0.2, 0) is 11.0 Å². The molecule has 0 aromatic carbocycles. The van der Waals surface area contributed by atoms with Gasteiger partial charge in [-0.05, 0) is 25.8 Å². The number of nitrogens with zero attached hydrogens (tertiary/aromatic N) is 5. The lowest BCUT2D eigenvalue weighted by Gasteiger charge is -2.15. The Morgan fingerprint density at radius 2 is 1.93 bits per heavy atom. The summed E-state index contributed by atoms with van der Waals surface area (Å²) in [7, 11) is 0. The molecule has 0 radical (unpaired) electrons. The standard InChI is InChI=1S/C24H24ClF3N8O3S/c1-13(23-31-11-17(40-23)22(39)35-19-8-14(24(26,27)28)15(25)10-30-19)34-21(38)16-9-18(33-12-32-16)29-5-3-7-36-6-2-4-20(36)37/h8-13H,2-7H2,1H3,(H,34,38)(H,29,32,33)(H,30,35,39). The second-order valence-corrected chi connectivity index (χ2v) is 10.3. The van der Waals surface area contributed by atoms with Crippen LogP contribution >= 0.6 is 22.9 Å². The number of hydrogen-bond acceptors (Lipinski definition) is 9. The SMILES string of the molecule is CC(NC(=O)c1cc(NCCCN2CCCC2=O)ncn1)c1ncc(C(=O)Nc2cc(C(F)(F)F)c(Cl)cn2)s1. The molecule has 1 aliphatic heterocycles. The van der Waals surface area contributed by atoms with Crippen molar-refractivity contribution in [3.05, 3.63) is 57.0 Å². The Kier molecular flexibility index (Phi) is 9.14. The minimum Gasteiger partial charge on any atom is -0.370 e. The Bertz CT molecular complexity index is 1400. The molecular weight excluding hydrogens is 573 g/mol. The number of carbonyl (C=O) groups is 3. The van der Waals surface area contributed by atoms with Crippen LogP contribution in [0.3, 0.4) is 0 Å². The van der Waals surface area contributed by atoms with E-state index in [4.69, 9.17) is 11.6 Å². The second kappa shape index (κ2) is 12.6.